The lowest BCUT2D eigenvalue weighted by Crippen LogP contribution is -2.66. The molecule has 3 saturated heterocycles. The van der Waals surface area contributed by atoms with Crippen LogP contribution in [0.4, 0.5) is 0 Å². The van der Waals surface area contributed by atoms with Gasteiger partial charge in [-0.3, -0.25) is 4.79 Å². The van der Waals surface area contributed by atoms with Crippen LogP contribution in [-0.4, -0.2) is 193 Å². The molecule has 19 heteroatoms. The summed E-state index contributed by atoms with van der Waals surface area (Å²) in [6, 6.07) is -0.974. The molecule has 0 aromatic heterocycles. The van der Waals surface area contributed by atoms with Crippen LogP contribution in [0, 0.1) is 0 Å². The van der Waals surface area contributed by atoms with E-state index < -0.39 is 124 Å². The van der Waals surface area contributed by atoms with Crippen molar-refractivity contribution < 1.29 is 89.4 Å². The van der Waals surface area contributed by atoms with Gasteiger partial charge in [0.05, 0.1) is 38.6 Å². The van der Waals surface area contributed by atoms with Crippen LogP contribution < -0.4 is 5.32 Å². The molecule has 96 heavy (non-hydrogen) atoms. The van der Waals surface area contributed by atoms with E-state index in [1.54, 1.807) is 6.08 Å². The highest BCUT2D eigenvalue weighted by molar-refractivity contribution is 5.76. The molecule has 0 aliphatic carbocycles. The van der Waals surface area contributed by atoms with Gasteiger partial charge < -0.3 is 89.9 Å². The van der Waals surface area contributed by atoms with Crippen molar-refractivity contribution in [2.24, 2.45) is 0 Å². The molecule has 0 spiro atoms. The second kappa shape index (κ2) is 58.7. The Morgan fingerprint density at radius 1 is 0.365 bits per heavy atom. The normalized spacial score (nSPS) is 27.1. The third-order valence-corrected chi connectivity index (χ3v) is 20.0. The zero-order valence-electron chi connectivity index (χ0n) is 60.4. The van der Waals surface area contributed by atoms with Crippen LogP contribution in [0.2, 0.25) is 0 Å². The quantitative estimate of drug-likeness (QED) is 0.0199. The number of aliphatic hydroxyl groups excluding tert-OH is 11. The highest BCUT2D eigenvalue weighted by Gasteiger charge is 2.53. The van der Waals surface area contributed by atoms with E-state index >= 15 is 0 Å². The molecule has 0 bridgehead atoms. The summed E-state index contributed by atoms with van der Waals surface area (Å²) in [7, 11) is 0. The maximum absolute atomic E-state index is 13.4. The first-order valence-corrected chi connectivity index (χ1v) is 39.6. The summed E-state index contributed by atoms with van der Waals surface area (Å²) in [5.41, 5.74) is 0. The standard InChI is InChI=1S/C77H145NO18/c1-3-5-7-9-11-13-15-17-19-21-23-24-25-26-27-28-29-30-31-32-33-34-35-37-38-40-42-44-46-48-50-52-54-61(82)60(78-65(83)55-53-51-49-47-45-43-41-39-36-22-20-18-16-14-12-10-8-6-4-2)59-91-75-71(89)68(86)73(63(57-80)93-75)96-77-72(90)69(87)74(64(58-81)94-77)95-76-70(88)67(85)66(84)62(56-79)92-76/h18,20,52,54,60-64,66-77,79-82,84-90H,3-17,19,21-51,53,55-59H2,1-2H3,(H,78,83)/b20-18-,54-52+. The summed E-state index contributed by atoms with van der Waals surface area (Å²) >= 11 is 0. The number of carbonyl (C=O) groups is 1. The van der Waals surface area contributed by atoms with E-state index in [9.17, 15) is 61.0 Å². The van der Waals surface area contributed by atoms with Gasteiger partial charge in [-0.1, -0.05) is 301 Å². The minimum atomic E-state index is -1.98. The van der Waals surface area contributed by atoms with Crippen LogP contribution in [0.5, 0.6) is 0 Å². The summed E-state index contributed by atoms with van der Waals surface area (Å²) in [4.78, 5) is 13.4. The van der Waals surface area contributed by atoms with Gasteiger partial charge in [-0.15, -0.1) is 0 Å². The number of hydrogen-bond donors (Lipinski definition) is 12. The Hall–Kier alpha value is -1.73. The van der Waals surface area contributed by atoms with E-state index in [1.807, 2.05) is 6.08 Å². The van der Waals surface area contributed by atoms with Gasteiger partial charge in [0.25, 0.3) is 0 Å². The van der Waals surface area contributed by atoms with Gasteiger partial charge in [0.2, 0.25) is 5.91 Å². The molecular formula is C77H145NO18. The minimum absolute atomic E-state index is 0.243. The highest BCUT2D eigenvalue weighted by Crippen LogP contribution is 2.33. The molecule has 1 amide bonds. The van der Waals surface area contributed by atoms with Crippen LogP contribution in [0.15, 0.2) is 24.3 Å². The minimum Gasteiger partial charge on any atom is -0.394 e. The maximum atomic E-state index is 13.4. The predicted octanol–water partition coefficient (Wildman–Crippen LogP) is 12.6. The van der Waals surface area contributed by atoms with E-state index in [1.165, 1.54) is 250 Å². The number of ether oxygens (including phenoxy) is 6. The van der Waals surface area contributed by atoms with Gasteiger partial charge >= 0.3 is 0 Å². The molecule has 3 aliphatic heterocycles. The van der Waals surface area contributed by atoms with Crippen LogP contribution in [-0.2, 0) is 33.2 Å². The second-order valence-corrected chi connectivity index (χ2v) is 28.5. The molecule has 0 saturated carbocycles. The zero-order chi connectivity index (χ0) is 69.6. The Morgan fingerprint density at radius 2 is 0.656 bits per heavy atom. The number of unbranched alkanes of at least 4 members (excludes halogenated alkanes) is 45. The Bertz CT molecular complexity index is 1830. The van der Waals surface area contributed by atoms with Gasteiger partial charge in [0.15, 0.2) is 18.9 Å². The fraction of sp³-hybridized carbons (Fsp3) is 0.935. The van der Waals surface area contributed by atoms with Gasteiger partial charge in [0.1, 0.15) is 73.2 Å². The topological polar surface area (TPSA) is 307 Å². The number of carbonyl (C=O) groups excluding carboxylic acids is 1. The van der Waals surface area contributed by atoms with Crippen LogP contribution in [0.1, 0.15) is 328 Å². The van der Waals surface area contributed by atoms with Crippen LogP contribution >= 0.6 is 0 Å². The van der Waals surface area contributed by atoms with Crippen molar-refractivity contribution in [3.63, 3.8) is 0 Å². The maximum Gasteiger partial charge on any atom is 0.220 e. The SMILES string of the molecule is CCCCCCCC/C=C\CCCCCCCCCCCC(=O)NC(COC1OC(CO)C(OC2OC(CO)C(OC3OC(CO)C(O)C(O)C3O)C(O)C2O)C(O)C1O)C(O)/C=C/CCCCCCCCCCCCCCCCCCCCCCCCCCCCCCCC. The molecule has 12 N–H and O–H groups in total. The second-order valence-electron chi connectivity index (χ2n) is 28.5. The number of rotatable bonds is 63. The molecule has 19 nitrogen and oxygen atoms in total. The Morgan fingerprint density at radius 3 is 1.01 bits per heavy atom. The largest absolute Gasteiger partial charge is 0.394 e. The number of nitrogens with one attached hydrogen (secondary N) is 1. The van der Waals surface area contributed by atoms with Crippen molar-refractivity contribution in [3.05, 3.63) is 24.3 Å². The third kappa shape index (κ3) is 39.1. The molecule has 3 heterocycles. The third-order valence-electron chi connectivity index (χ3n) is 20.0. The molecule has 3 aliphatic rings. The number of aliphatic hydroxyl groups is 11. The lowest BCUT2D eigenvalue weighted by atomic mass is 9.96. The first kappa shape index (κ1) is 88.5. The Kier molecular flexibility index (Phi) is 54.1. The average Bonchev–Trinajstić information content (AvgIpc) is 0.798. The number of hydrogen-bond acceptors (Lipinski definition) is 18. The van der Waals surface area contributed by atoms with E-state index in [0.29, 0.717) is 6.42 Å². The fourth-order valence-corrected chi connectivity index (χ4v) is 13.6. The van der Waals surface area contributed by atoms with Crippen molar-refractivity contribution in [1.82, 2.24) is 5.32 Å². The number of allylic oxidation sites excluding steroid dienone is 3. The molecule has 0 aromatic rings. The van der Waals surface area contributed by atoms with Gasteiger partial charge in [-0.05, 0) is 44.9 Å². The molecule has 0 aromatic carbocycles. The van der Waals surface area contributed by atoms with E-state index in [4.69, 9.17) is 28.4 Å². The summed E-state index contributed by atoms with van der Waals surface area (Å²) < 4.78 is 34.4. The van der Waals surface area contributed by atoms with Crippen molar-refractivity contribution in [1.29, 1.82) is 0 Å². The lowest BCUT2D eigenvalue weighted by Gasteiger charge is -2.48. The van der Waals surface area contributed by atoms with Gasteiger partial charge in [-0.2, -0.15) is 0 Å². The smallest absolute Gasteiger partial charge is 0.220 e. The van der Waals surface area contributed by atoms with E-state index in [2.05, 4.69) is 31.3 Å². The summed E-state index contributed by atoms with van der Waals surface area (Å²) in [5, 5.41) is 121. The van der Waals surface area contributed by atoms with Gasteiger partial charge in [0, 0.05) is 6.42 Å². The van der Waals surface area contributed by atoms with Crippen molar-refractivity contribution in [3.8, 4) is 0 Å². The fourth-order valence-electron chi connectivity index (χ4n) is 13.6. The van der Waals surface area contributed by atoms with Gasteiger partial charge in [-0.25, -0.2) is 0 Å². The van der Waals surface area contributed by atoms with Crippen LogP contribution in [0.25, 0.3) is 0 Å². The lowest BCUT2D eigenvalue weighted by molar-refractivity contribution is -0.379. The zero-order valence-corrected chi connectivity index (χ0v) is 60.4. The predicted molar refractivity (Wildman–Crippen MR) is 379 cm³/mol. The van der Waals surface area contributed by atoms with Crippen molar-refractivity contribution >= 4 is 5.91 Å². The Labute approximate surface area is 581 Å². The van der Waals surface area contributed by atoms with Crippen molar-refractivity contribution in [2.45, 2.75) is 433 Å². The summed E-state index contributed by atoms with van der Waals surface area (Å²) in [5.74, 6) is -0.273. The molecule has 0 radical (unpaired) electrons. The molecule has 17 unspecified atom stereocenters. The monoisotopic (exact) mass is 1370 g/mol. The van der Waals surface area contributed by atoms with Crippen LogP contribution in [0.3, 0.4) is 0 Å². The van der Waals surface area contributed by atoms with E-state index in [-0.39, 0.29) is 18.9 Å². The summed E-state index contributed by atoms with van der Waals surface area (Å²) in [6.07, 6.45) is 43.1. The highest BCUT2D eigenvalue weighted by atomic mass is 16.8. The average molecular weight is 1370 g/mol. The molecule has 17 atom stereocenters. The molecule has 3 fully saturated rings. The van der Waals surface area contributed by atoms with E-state index in [0.717, 1.165) is 51.4 Å². The summed E-state index contributed by atoms with van der Waals surface area (Å²) in [6.45, 7) is 1.78. The number of amides is 1. The first-order valence-electron chi connectivity index (χ1n) is 39.6. The Balaban J connectivity index is 1.37. The molecule has 3 rings (SSSR count). The first-order chi connectivity index (χ1) is 46.8. The molecule has 566 valence electrons. The van der Waals surface area contributed by atoms with Crippen molar-refractivity contribution in [2.75, 3.05) is 26.4 Å². The molecular weight excluding hydrogens is 1230 g/mol.